The highest BCUT2D eigenvalue weighted by Gasteiger charge is 2.14. The minimum absolute atomic E-state index is 0.0439. The highest BCUT2D eigenvalue weighted by atomic mass is 16.5. The molecule has 0 amide bonds. The molecule has 2 aromatic rings. The van der Waals surface area contributed by atoms with Crippen molar-refractivity contribution in [2.24, 2.45) is 0 Å². The molecule has 0 atom stereocenters. The van der Waals surface area contributed by atoms with Crippen molar-refractivity contribution in [1.29, 1.82) is 0 Å². The third-order valence-electron chi connectivity index (χ3n) is 2.69. The Balaban J connectivity index is 2.37. The number of benzene rings is 1. The molecule has 1 heterocycles. The Morgan fingerprint density at radius 2 is 2.10 bits per heavy atom. The maximum Gasteiger partial charge on any atom is 0.339 e. The maximum absolute atomic E-state index is 11.2. The lowest BCUT2D eigenvalue weighted by atomic mass is 10.2. The average molecular weight is 274 g/mol. The van der Waals surface area contributed by atoms with Crippen LogP contribution in [0.3, 0.4) is 0 Å². The van der Waals surface area contributed by atoms with Crippen LogP contribution in [0.1, 0.15) is 23.0 Å². The summed E-state index contributed by atoms with van der Waals surface area (Å²) in [6, 6.07) is 6.18. The molecule has 104 valence electrons. The van der Waals surface area contributed by atoms with Crippen LogP contribution in [0.25, 0.3) is 0 Å². The second-order valence-electron chi connectivity index (χ2n) is 3.97. The molecule has 2 rings (SSSR count). The van der Waals surface area contributed by atoms with E-state index in [1.54, 1.807) is 12.1 Å². The molecule has 0 saturated heterocycles. The molecule has 0 bridgehead atoms. The molecule has 20 heavy (non-hydrogen) atoms. The van der Waals surface area contributed by atoms with E-state index in [-0.39, 0.29) is 11.3 Å². The Morgan fingerprint density at radius 1 is 1.30 bits per heavy atom. The van der Waals surface area contributed by atoms with E-state index in [9.17, 15) is 4.79 Å². The summed E-state index contributed by atoms with van der Waals surface area (Å²) in [4.78, 5) is 19.2. The van der Waals surface area contributed by atoms with Gasteiger partial charge in [-0.2, -0.15) is 0 Å². The van der Waals surface area contributed by atoms with E-state index in [0.717, 1.165) is 12.1 Å². The Kier molecular flexibility index (Phi) is 4.14. The van der Waals surface area contributed by atoms with Crippen LogP contribution < -0.4 is 9.47 Å². The van der Waals surface area contributed by atoms with Gasteiger partial charge in [0.1, 0.15) is 23.4 Å². The van der Waals surface area contributed by atoms with E-state index < -0.39 is 5.97 Å². The zero-order valence-electron chi connectivity index (χ0n) is 11.2. The van der Waals surface area contributed by atoms with Gasteiger partial charge in [-0.3, -0.25) is 0 Å². The fraction of sp³-hybridized carbons (Fsp3) is 0.214. The first kappa shape index (κ1) is 13.8. The van der Waals surface area contributed by atoms with E-state index >= 15 is 0 Å². The Bertz CT molecular complexity index is 628. The smallest absolute Gasteiger partial charge is 0.339 e. The summed E-state index contributed by atoms with van der Waals surface area (Å²) < 4.78 is 10.6. The van der Waals surface area contributed by atoms with Crippen LogP contribution in [0, 0.1) is 0 Å². The van der Waals surface area contributed by atoms with Crippen LogP contribution in [0.5, 0.6) is 17.4 Å². The molecule has 0 aliphatic heterocycles. The predicted molar refractivity (Wildman–Crippen MR) is 71.4 cm³/mol. The lowest BCUT2D eigenvalue weighted by Gasteiger charge is -2.10. The number of methoxy groups -OCH3 is 1. The molecule has 1 N–H and O–H groups in total. The third kappa shape index (κ3) is 3.03. The molecule has 0 saturated carbocycles. The summed E-state index contributed by atoms with van der Waals surface area (Å²) in [5, 5.41) is 9.15. The van der Waals surface area contributed by atoms with Gasteiger partial charge >= 0.3 is 5.97 Å². The summed E-state index contributed by atoms with van der Waals surface area (Å²) in [5.41, 5.74) is 0.859. The Morgan fingerprint density at radius 3 is 2.75 bits per heavy atom. The lowest BCUT2D eigenvalue weighted by molar-refractivity contribution is 0.0694. The van der Waals surface area contributed by atoms with Crippen LogP contribution in [-0.2, 0) is 6.42 Å². The number of nitrogens with zero attached hydrogens (tertiary/aromatic N) is 2. The van der Waals surface area contributed by atoms with Crippen molar-refractivity contribution in [1.82, 2.24) is 9.97 Å². The van der Waals surface area contributed by atoms with Gasteiger partial charge in [0.25, 0.3) is 0 Å². The van der Waals surface area contributed by atoms with Gasteiger partial charge in [-0.1, -0.05) is 6.92 Å². The minimum Gasteiger partial charge on any atom is -0.497 e. The van der Waals surface area contributed by atoms with Crippen LogP contribution in [0.2, 0.25) is 0 Å². The van der Waals surface area contributed by atoms with Gasteiger partial charge in [0.2, 0.25) is 5.88 Å². The fourth-order valence-corrected chi connectivity index (χ4v) is 1.63. The first-order chi connectivity index (χ1) is 9.63. The quantitative estimate of drug-likeness (QED) is 0.902. The highest BCUT2D eigenvalue weighted by molar-refractivity contribution is 5.91. The van der Waals surface area contributed by atoms with Gasteiger partial charge < -0.3 is 14.6 Å². The molecule has 0 unspecified atom stereocenters. The number of aryl methyl sites for hydroxylation is 1. The first-order valence-electron chi connectivity index (χ1n) is 6.04. The molecule has 6 heteroatoms. The highest BCUT2D eigenvalue weighted by Crippen LogP contribution is 2.28. The van der Waals surface area contributed by atoms with E-state index in [2.05, 4.69) is 9.97 Å². The second kappa shape index (κ2) is 6.01. The van der Waals surface area contributed by atoms with Crippen LogP contribution in [0.15, 0.2) is 30.6 Å². The third-order valence-corrected chi connectivity index (χ3v) is 2.69. The number of ether oxygens (including phenoxy) is 2. The zero-order valence-corrected chi connectivity index (χ0v) is 11.2. The van der Waals surface area contributed by atoms with Crippen molar-refractivity contribution >= 4 is 5.97 Å². The zero-order chi connectivity index (χ0) is 14.5. The van der Waals surface area contributed by atoms with Crippen molar-refractivity contribution in [3.05, 3.63) is 41.9 Å². The summed E-state index contributed by atoms with van der Waals surface area (Å²) in [6.07, 6.45) is 2.12. The van der Waals surface area contributed by atoms with Gasteiger partial charge in [-0.05, 0) is 18.6 Å². The molecule has 0 spiro atoms. The van der Waals surface area contributed by atoms with Gasteiger partial charge in [0.15, 0.2) is 0 Å². The number of aromatic nitrogens is 2. The first-order valence-corrected chi connectivity index (χ1v) is 6.04. The summed E-state index contributed by atoms with van der Waals surface area (Å²) in [5.74, 6) is -0.0904. The van der Waals surface area contributed by atoms with E-state index in [0.29, 0.717) is 11.6 Å². The van der Waals surface area contributed by atoms with Gasteiger partial charge in [-0.25, -0.2) is 14.8 Å². The molecule has 0 aliphatic carbocycles. The fourth-order valence-electron chi connectivity index (χ4n) is 1.63. The van der Waals surface area contributed by atoms with Crippen LogP contribution >= 0.6 is 0 Å². The predicted octanol–water partition coefficient (Wildman–Crippen LogP) is 2.54. The standard InChI is InChI=1S/C14H14N2O4/c1-3-9-6-13(16-8-15-9)20-12-7-10(19-2)4-5-11(12)14(17)18/h4-8H,3H2,1-2H3,(H,17,18). The Hall–Kier alpha value is -2.63. The molecule has 0 fully saturated rings. The van der Waals surface area contributed by atoms with Crippen molar-refractivity contribution < 1.29 is 19.4 Å². The molecule has 0 aliphatic rings. The molecule has 1 aromatic heterocycles. The topological polar surface area (TPSA) is 81.5 Å². The summed E-state index contributed by atoms with van der Waals surface area (Å²) in [7, 11) is 1.50. The number of carboxylic acids is 1. The van der Waals surface area contributed by atoms with Gasteiger partial charge in [0.05, 0.1) is 7.11 Å². The number of carbonyl (C=O) groups is 1. The van der Waals surface area contributed by atoms with Crippen LogP contribution in [0.4, 0.5) is 0 Å². The molecular weight excluding hydrogens is 260 g/mol. The van der Waals surface area contributed by atoms with E-state index in [1.165, 1.54) is 25.6 Å². The molecule has 6 nitrogen and oxygen atoms in total. The monoisotopic (exact) mass is 274 g/mol. The van der Waals surface area contributed by atoms with Gasteiger partial charge in [0, 0.05) is 17.8 Å². The largest absolute Gasteiger partial charge is 0.497 e. The van der Waals surface area contributed by atoms with Crippen molar-refractivity contribution in [2.45, 2.75) is 13.3 Å². The number of rotatable bonds is 5. The van der Waals surface area contributed by atoms with E-state index in [1.807, 2.05) is 6.92 Å². The molecular formula is C14H14N2O4. The van der Waals surface area contributed by atoms with E-state index in [4.69, 9.17) is 14.6 Å². The van der Waals surface area contributed by atoms with Gasteiger partial charge in [-0.15, -0.1) is 0 Å². The summed E-state index contributed by atoms with van der Waals surface area (Å²) in [6.45, 7) is 1.96. The Labute approximate surface area is 116 Å². The normalized spacial score (nSPS) is 10.1. The second-order valence-corrected chi connectivity index (χ2v) is 3.97. The lowest BCUT2D eigenvalue weighted by Crippen LogP contribution is -2.01. The number of hydrogen-bond acceptors (Lipinski definition) is 5. The maximum atomic E-state index is 11.2. The summed E-state index contributed by atoms with van der Waals surface area (Å²) >= 11 is 0. The van der Waals surface area contributed by atoms with Crippen molar-refractivity contribution in [3.63, 3.8) is 0 Å². The number of carboxylic acid groups (broad SMARTS) is 1. The van der Waals surface area contributed by atoms with Crippen LogP contribution in [-0.4, -0.2) is 28.2 Å². The SMILES string of the molecule is CCc1cc(Oc2cc(OC)ccc2C(=O)O)ncn1. The minimum atomic E-state index is -1.08. The van der Waals surface area contributed by atoms with Crippen molar-refractivity contribution in [2.75, 3.05) is 7.11 Å². The molecule has 0 radical (unpaired) electrons. The average Bonchev–Trinajstić information content (AvgIpc) is 2.47. The number of hydrogen-bond donors (Lipinski definition) is 1. The number of aromatic carboxylic acids is 1. The van der Waals surface area contributed by atoms with Crippen molar-refractivity contribution in [3.8, 4) is 17.4 Å². The molecule has 1 aromatic carbocycles.